The van der Waals surface area contributed by atoms with E-state index < -0.39 is 20.0 Å². The number of carbonyl (C=O) groups excluding carboxylic acids is 2. The maximum atomic E-state index is 14.1. The predicted molar refractivity (Wildman–Crippen MR) is 193 cm³/mol. The SMILES string of the molecule is CCN(CCCN(CCCNCCCN1C(=O)c2ccccc2C1=O)S(=O)(=O)c1c(C)cc(C)cc1C)S(=O)(=O)c1c(C)cc(C)cc1C. The third-order valence-electron chi connectivity index (χ3n) is 8.95. The number of amides is 2. The molecule has 0 saturated heterocycles. The predicted octanol–water partition coefficient (Wildman–Crippen LogP) is 5.29. The van der Waals surface area contributed by atoms with Gasteiger partial charge in [-0.05, 0) is 108 Å². The van der Waals surface area contributed by atoms with Gasteiger partial charge in [0.1, 0.15) is 0 Å². The Balaban J connectivity index is 1.40. The van der Waals surface area contributed by atoms with Crippen LogP contribution in [-0.4, -0.2) is 88.0 Å². The topological polar surface area (TPSA) is 124 Å². The van der Waals surface area contributed by atoms with Gasteiger partial charge < -0.3 is 5.32 Å². The molecule has 266 valence electrons. The summed E-state index contributed by atoms with van der Waals surface area (Å²) in [6, 6.07) is 14.3. The summed E-state index contributed by atoms with van der Waals surface area (Å²) in [6.45, 7) is 15.1. The molecule has 1 aliphatic rings. The maximum absolute atomic E-state index is 14.1. The van der Waals surface area contributed by atoms with E-state index in [4.69, 9.17) is 0 Å². The highest BCUT2D eigenvalue weighted by Gasteiger charge is 2.34. The number of sulfonamides is 2. The van der Waals surface area contributed by atoms with E-state index in [0.717, 1.165) is 11.1 Å². The first kappa shape index (κ1) is 38.4. The number of fused-ring (bicyclic) bond motifs is 1. The molecule has 3 aromatic rings. The second-order valence-corrected chi connectivity index (χ2v) is 16.7. The van der Waals surface area contributed by atoms with Crippen LogP contribution in [0, 0.1) is 41.5 Å². The van der Waals surface area contributed by atoms with Gasteiger partial charge in [0, 0.05) is 32.7 Å². The minimum atomic E-state index is -3.88. The zero-order valence-electron chi connectivity index (χ0n) is 29.8. The molecule has 12 heteroatoms. The molecule has 1 aliphatic heterocycles. The van der Waals surface area contributed by atoms with Gasteiger partial charge in [-0.2, -0.15) is 8.61 Å². The molecule has 0 radical (unpaired) electrons. The van der Waals surface area contributed by atoms with Crippen LogP contribution in [0.4, 0.5) is 0 Å². The molecule has 1 N–H and O–H groups in total. The maximum Gasteiger partial charge on any atom is 0.261 e. The van der Waals surface area contributed by atoms with Crippen LogP contribution >= 0.6 is 0 Å². The molecule has 10 nitrogen and oxygen atoms in total. The van der Waals surface area contributed by atoms with Crippen molar-refractivity contribution in [3.63, 3.8) is 0 Å². The standard InChI is InChI=1S/C37H50N4O6S2/c1-8-39(48(44,45)34-28(4)22-26(2)23-29(34)5)19-13-20-40(49(46,47)35-30(6)24-27(3)25-31(35)7)18-11-16-38-17-12-21-41-36(42)32-14-9-10-15-33(32)37(41)43/h9-10,14-15,22-25,38H,8,11-13,16-21H2,1-7H3. The van der Waals surface area contributed by atoms with Crippen molar-refractivity contribution >= 4 is 31.9 Å². The first-order chi connectivity index (χ1) is 23.1. The van der Waals surface area contributed by atoms with Gasteiger partial charge in [-0.1, -0.05) is 54.4 Å². The van der Waals surface area contributed by atoms with Crippen molar-refractivity contribution in [1.29, 1.82) is 0 Å². The van der Waals surface area contributed by atoms with Crippen LogP contribution in [0.15, 0.2) is 58.3 Å². The molecule has 0 aromatic heterocycles. The zero-order valence-corrected chi connectivity index (χ0v) is 31.4. The molecule has 49 heavy (non-hydrogen) atoms. The minimum absolute atomic E-state index is 0.159. The largest absolute Gasteiger partial charge is 0.317 e. The smallest absolute Gasteiger partial charge is 0.261 e. The van der Waals surface area contributed by atoms with E-state index in [-0.39, 0.29) is 42.9 Å². The Kier molecular flexibility index (Phi) is 12.6. The summed E-state index contributed by atoms with van der Waals surface area (Å²) >= 11 is 0. The van der Waals surface area contributed by atoms with Crippen molar-refractivity contribution in [2.24, 2.45) is 0 Å². The third kappa shape index (κ3) is 8.49. The molecule has 0 bridgehead atoms. The van der Waals surface area contributed by atoms with Gasteiger partial charge in [0.15, 0.2) is 0 Å². The normalized spacial score (nSPS) is 13.6. The Hall–Kier alpha value is -3.42. The summed E-state index contributed by atoms with van der Waals surface area (Å²) in [5.41, 5.74) is 5.59. The number of carbonyl (C=O) groups is 2. The molecular formula is C37H50N4O6S2. The van der Waals surface area contributed by atoms with E-state index in [1.165, 1.54) is 13.5 Å². The summed E-state index contributed by atoms with van der Waals surface area (Å²) in [7, 11) is -7.66. The van der Waals surface area contributed by atoms with Gasteiger partial charge in [-0.3, -0.25) is 14.5 Å². The van der Waals surface area contributed by atoms with Crippen molar-refractivity contribution < 1.29 is 26.4 Å². The monoisotopic (exact) mass is 710 g/mol. The summed E-state index contributed by atoms with van der Waals surface area (Å²) in [5, 5.41) is 3.31. The van der Waals surface area contributed by atoms with E-state index in [1.807, 2.05) is 38.1 Å². The summed E-state index contributed by atoms with van der Waals surface area (Å²) in [6.07, 6.45) is 1.41. The van der Waals surface area contributed by atoms with Gasteiger partial charge in [-0.15, -0.1) is 0 Å². The number of hydrogen-bond acceptors (Lipinski definition) is 7. The van der Waals surface area contributed by atoms with Crippen LogP contribution in [0.5, 0.6) is 0 Å². The fraction of sp³-hybridized carbons (Fsp3) is 0.459. The zero-order chi connectivity index (χ0) is 36.1. The number of nitrogens with one attached hydrogen (secondary N) is 1. The lowest BCUT2D eigenvalue weighted by atomic mass is 10.1. The second kappa shape index (κ2) is 16.1. The van der Waals surface area contributed by atoms with Crippen molar-refractivity contribution in [2.75, 3.05) is 45.8 Å². The van der Waals surface area contributed by atoms with E-state index >= 15 is 0 Å². The third-order valence-corrected chi connectivity index (χ3v) is 13.4. The van der Waals surface area contributed by atoms with Crippen LogP contribution < -0.4 is 5.32 Å². The fourth-order valence-corrected chi connectivity index (χ4v) is 10.8. The van der Waals surface area contributed by atoms with Gasteiger partial charge in [0.05, 0.1) is 20.9 Å². The van der Waals surface area contributed by atoms with E-state index in [2.05, 4.69) is 5.32 Å². The summed E-state index contributed by atoms with van der Waals surface area (Å²) in [4.78, 5) is 27.1. The highest BCUT2D eigenvalue weighted by molar-refractivity contribution is 7.89. The van der Waals surface area contributed by atoms with Gasteiger partial charge >= 0.3 is 0 Å². The fourth-order valence-electron chi connectivity index (χ4n) is 6.94. The second-order valence-electron chi connectivity index (χ2n) is 13.0. The lowest BCUT2D eigenvalue weighted by Gasteiger charge is -2.27. The average Bonchev–Trinajstić information content (AvgIpc) is 3.24. The first-order valence-electron chi connectivity index (χ1n) is 16.9. The Morgan fingerprint density at radius 2 is 1.02 bits per heavy atom. The average molecular weight is 711 g/mol. The molecular weight excluding hydrogens is 661 g/mol. The lowest BCUT2D eigenvalue weighted by molar-refractivity contribution is 0.0652. The molecule has 0 unspecified atom stereocenters. The molecule has 0 fully saturated rings. The van der Waals surface area contributed by atoms with Gasteiger partial charge in [0.25, 0.3) is 11.8 Å². The van der Waals surface area contributed by atoms with Crippen LogP contribution in [0.3, 0.4) is 0 Å². The molecule has 0 spiro atoms. The van der Waals surface area contributed by atoms with Crippen molar-refractivity contribution in [2.45, 2.75) is 77.5 Å². The molecule has 2 amide bonds. The molecule has 3 aromatic carbocycles. The summed E-state index contributed by atoms with van der Waals surface area (Å²) in [5.74, 6) is -0.552. The van der Waals surface area contributed by atoms with Crippen LogP contribution in [0.2, 0.25) is 0 Å². The lowest BCUT2D eigenvalue weighted by Crippen LogP contribution is -2.38. The van der Waals surface area contributed by atoms with E-state index in [0.29, 0.717) is 77.2 Å². The highest BCUT2D eigenvalue weighted by Crippen LogP contribution is 2.28. The van der Waals surface area contributed by atoms with Crippen molar-refractivity contribution in [3.05, 3.63) is 93.0 Å². The van der Waals surface area contributed by atoms with Crippen LogP contribution in [0.1, 0.15) is 80.3 Å². The highest BCUT2D eigenvalue weighted by atomic mass is 32.2. The van der Waals surface area contributed by atoms with E-state index in [9.17, 15) is 26.4 Å². The Bertz CT molecular complexity index is 1840. The summed E-state index contributed by atoms with van der Waals surface area (Å²) < 4.78 is 58.7. The Labute approximate surface area is 292 Å². The molecule has 1 heterocycles. The molecule has 0 saturated carbocycles. The number of imide groups is 1. The quantitative estimate of drug-likeness (QED) is 0.149. The molecule has 4 rings (SSSR count). The van der Waals surface area contributed by atoms with Crippen molar-refractivity contribution in [1.82, 2.24) is 18.8 Å². The number of rotatable bonds is 17. The van der Waals surface area contributed by atoms with Crippen molar-refractivity contribution in [3.8, 4) is 0 Å². The molecule has 0 atom stereocenters. The Morgan fingerprint density at radius 3 is 1.49 bits per heavy atom. The van der Waals surface area contributed by atoms with Gasteiger partial charge in [0.2, 0.25) is 20.0 Å². The van der Waals surface area contributed by atoms with Gasteiger partial charge in [-0.25, -0.2) is 16.8 Å². The number of nitrogens with zero attached hydrogens (tertiary/aromatic N) is 3. The molecule has 0 aliphatic carbocycles. The number of aryl methyl sites for hydroxylation is 6. The Morgan fingerprint density at radius 1 is 0.612 bits per heavy atom. The van der Waals surface area contributed by atoms with E-state index in [1.54, 1.807) is 58.9 Å². The van der Waals surface area contributed by atoms with Crippen LogP contribution in [-0.2, 0) is 20.0 Å². The number of hydrogen-bond donors (Lipinski definition) is 1. The minimum Gasteiger partial charge on any atom is -0.317 e. The number of benzene rings is 3. The first-order valence-corrected chi connectivity index (χ1v) is 19.8. The van der Waals surface area contributed by atoms with Crippen LogP contribution in [0.25, 0.3) is 0 Å².